The Kier molecular flexibility index (Phi) is 6.46. The van der Waals surface area contributed by atoms with E-state index in [-0.39, 0.29) is 17.7 Å². The fourth-order valence-corrected chi connectivity index (χ4v) is 4.05. The molecule has 28 heavy (non-hydrogen) atoms. The number of para-hydroxylation sites is 1. The monoisotopic (exact) mass is 402 g/mol. The minimum absolute atomic E-state index is 0.0986. The van der Waals surface area contributed by atoms with E-state index >= 15 is 0 Å². The molecule has 1 aromatic carbocycles. The Bertz CT molecular complexity index is 835. The Morgan fingerprint density at radius 3 is 2.25 bits per heavy atom. The second-order valence-corrected chi connectivity index (χ2v) is 8.45. The maximum Gasteiger partial charge on any atom is 0.257 e. The van der Waals surface area contributed by atoms with Crippen molar-refractivity contribution in [2.75, 3.05) is 32.7 Å². The third-order valence-electron chi connectivity index (χ3n) is 5.44. The summed E-state index contributed by atoms with van der Waals surface area (Å²) in [5.41, 5.74) is 3.38. The molecule has 0 spiro atoms. The summed E-state index contributed by atoms with van der Waals surface area (Å²) in [7, 11) is 0. The van der Waals surface area contributed by atoms with Crippen molar-refractivity contribution in [2.24, 2.45) is 0 Å². The van der Waals surface area contributed by atoms with Gasteiger partial charge in [0.1, 0.15) is 0 Å². The van der Waals surface area contributed by atoms with Gasteiger partial charge in [0.2, 0.25) is 0 Å². The molecular formula is C22H31ClN4O. The topological polar surface area (TPSA) is 41.4 Å². The maximum absolute atomic E-state index is 13.6. The van der Waals surface area contributed by atoms with Gasteiger partial charge < -0.3 is 9.80 Å². The number of piperazine rings is 1. The minimum Gasteiger partial charge on any atom is -0.336 e. The van der Waals surface area contributed by atoms with E-state index < -0.39 is 0 Å². The summed E-state index contributed by atoms with van der Waals surface area (Å²) in [6.45, 7) is 15.0. The van der Waals surface area contributed by atoms with Gasteiger partial charge in [-0.3, -0.25) is 4.79 Å². The molecule has 5 nitrogen and oxygen atoms in total. The third kappa shape index (κ3) is 3.96. The average molecular weight is 403 g/mol. The average Bonchev–Trinajstić information content (AvgIpc) is 3.09. The van der Waals surface area contributed by atoms with Crippen LogP contribution in [0.15, 0.2) is 24.3 Å². The predicted molar refractivity (Wildman–Crippen MR) is 115 cm³/mol. The molecule has 1 aliphatic rings. The summed E-state index contributed by atoms with van der Waals surface area (Å²) < 4.78 is 1.89. The molecule has 1 fully saturated rings. The van der Waals surface area contributed by atoms with Gasteiger partial charge in [0.25, 0.3) is 5.91 Å². The molecule has 0 saturated carbocycles. The lowest BCUT2D eigenvalue weighted by Gasteiger charge is -2.34. The molecule has 6 heteroatoms. The number of hydrogen-bond donors (Lipinski definition) is 0. The highest BCUT2D eigenvalue weighted by atomic mass is 35.5. The van der Waals surface area contributed by atoms with E-state index in [4.69, 9.17) is 16.7 Å². The van der Waals surface area contributed by atoms with E-state index in [2.05, 4.69) is 39.5 Å². The number of carbonyl (C=O) groups is 1. The lowest BCUT2D eigenvalue weighted by molar-refractivity contribution is 0.0640. The molecule has 0 radical (unpaired) electrons. The molecule has 3 rings (SSSR count). The van der Waals surface area contributed by atoms with Crippen LogP contribution in [0.5, 0.6) is 0 Å². The third-order valence-corrected chi connectivity index (χ3v) is 5.76. The standard InChI is InChI=1S/C22H31ClN4O/c1-6-25-11-13-26(14-12-25)22(28)19-20(15(2)3)24-27(21(19)16(4)5)18-10-8-7-9-17(18)23/h7-10,15-16H,6,11-14H2,1-5H3. The van der Waals surface area contributed by atoms with Crippen molar-refractivity contribution in [1.82, 2.24) is 19.6 Å². The van der Waals surface area contributed by atoms with Crippen LogP contribution >= 0.6 is 11.6 Å². The number of aromatic nitrogens is 2. The van der Waals surface area contributed by atoms with Crippen molar-refractivity contribution >= 4 is 17.5 Å². The Morgan fingerprint density at radius 1 is 1.07 bits per heavy atom. The minimum atomic E-state index is 0.0986. The molecule has 152 valence electrons. The molecule has 0 atom stereocenters. The first-order valence-corrected chi connectivity index (χ1v) is 10.6. The van der Waals surface area contributed by atoms with Gasteiger partial charge in [-0.25, -0.2) is 4.68 Å². The highest BCUT2D eigenvalue weighted by molar-refractivity contribution is 6.32. The molecule has 1 aliphatic heterocycles. The second-order valence-electron chi connectivity index (χ2n) is 8.04. The second kappa shape index (κ2) is 8.66. The molecular weight excluding hydrogens is 372 g/mol. The lowest BCUT2D eigenvalue weighted by Crippen LogP contribution is -2.48. The largest absolute Gasteiger partial charge is 0.336 e. The van der Waals surface area contributed by atoms with Gasteiger partial charge in [-0.05, 0) is 30.5 Å². The number of rotatable bonds is 5. The van der Waals surface area contributed by atoms with E-state index in [1.165, 1.54) is 0 Å². The van der Waals surface area contributed by atoms with Crippen LogP contribution in [0.2, 0.25) is 5.02 Å². The number of hydrogen-bond acceptors (Lipinski definition) is 3. The highest BCUT2D eigenvalue weighted by Gasteiger charge is 2.32. The molecule has 2 heterocycles. The highest BCUT2D eigenvalue weighted by Crippen LogP contribution is 2.33. The first-order valence-electron chi connectivity index (χ1n) is 10.2. The molecule has 1 saturated heterocycles. The quantitative estimate of drug-likeness (QED) is 0.736. The number of nitrogens with zero attached hydrogens (tertiary/aromatic N) is 4. The van der Waals surface area contributed by atoms with E-state index in [1.807, 2.05) is 33.8 Å². The Hall–Kier alpha value is -1.85. The smallest absolute Gasteiger partial charge is 0.257 e. The fraction of sp³-hybridized carbons (Fsp3) is 0.545. The number of benzene rings is 1. The Balaban J connectivity index is 2.09. The van der Waals surface area contributed by atoms with Crippen molar-refractivity contribution in [1.29, 1.82) is 0 Å². The van der Waals surface area contributed by atoms with Crippen molar-refractivity contribution in [3.05, 3.63) is 46.2 Å². The first kappa shape index (κ1) is 20.9. The molecule has 0 aliphatic carbocycles. The van der Waals surface area contributed by atoms with Gasteiger partial charge in [0, 0.05) is 26.2 Å². The zero-order valence-corrected chi connectivity index (χ0v) is 18.3. The summed E-state index contributed by atoms with van der Waals surface area (Å²) in [4.78, 5) is 18.0. The molecule has 0 N–H and O–H groups in total. The van der Waals surface area contributed by atoms with E-state index in [1.54, 1.807) is 0 Å². The molecule has 1 aromatic heterocycles. The van der Waals surface area contributed by atoms with Crippen LogP contribution in [0.4, 0.5) is 0 Å². The number of amides is 1. The maximum atomic E-state index is 13.6. The Labute approximate surface area is 173 Å². The van der Waals surface area contributed by atoms with E-state index in [0.717, 1.165) is 55.4 Å². The normalized spacial score (nSPS) is 15.6. The van der Waals surface area contributed by atoms with Crippen LogP contribution in [0.1, 0.15) is 68.2 Å². The zero-order valence-electron chi connectivity index (χ0n) is 17.6. The van der Waals surface area contributed by atoms with Gasteiger partial charge in [-0.2, -0.15) is 5.10 Å². The molecule has 0 bridgehead atoms. The summed E-state index contributed by atoms with van der Waals surface area (Å²) in [6, 6.07) is 7.68. The van der Waals surface area contributed by atoms with E-state index in [9.17, 15) is 4.79 Å². The summed E-state index contributed by atoms with van der Waals surface area (Å²) in [5, 5.41) is 5.52. The van der Waals surface area contributed by atoms with Gasteiger partial charge in [0.15, 0.2) is 0 Å². The Morgan fingerprint density at radius 2 is 1.71 bits per heavy atom. The number of likely N-dealkylation sites (N-methyl/N-ethyl adjacent to an activating group) is 1. The van der Waals surface area contributed by atoms with Crippen LogP contribution in [0.25, 0.3) is 5.69 Å². The summed E-state index contributed by atoms with van der Waals surface area (Å²) in [5.74, 6) is 0.394. The van der Waals surface area contributed by atoms with Gasteiger partial charge in [-0.15, -0.1) is 0 Å². The van der Waals surface area contributed by atoms with Crippen LogP contribution in [0, 0.1) is 0 Å². The van der Waals surface area contributed by atoms with Crippen LogP contribution in [-0.4, -0.2) is 58.2 Å². The fourth-order valence-electron chi connectivity index (χ4n) is 3.84. The van der Waals surface area contributed by atoms with Crippen molar-refractivity contribution in [2.45, 2.75) is 46.5 Å². The number of halogens is 1. The predicted octanol–water partition coefficient (Wildman–Crippen LogP) is 4.55. The summed E-state index contributed by atoms with van der Waals surface area (Å²) >= 11 is 6.48. The van der Waals surface area contributed by atoms with Crippen molar-refractivity contribution < 1.29 is 4.79 Å². The van der Waals surface area contributed by atoms with E-state index in [0.29, 0.717) is 5.02 Å². The van der Waals surface area contributed by atoms with Crippen molar-refractivity contribution in [3.8, 4) is 5.69 Å². The lowest BCUT2D eigenvalue weighted by atomic mass is 9.97. The molecule has 1 amide bonds. The van der Waals surface area contributed by atoms with Gasteiger partial charge in [-0.1, -0.05) is 58.4 Å². The first-order chi connectivity index (χ1) is 13.3. The molecule has 2 aromatic rings. The van der Waals surface area contributed by atoms with Crippen LogP contribution < -0.4 is 0 Å². The summed E-state index contributed by atoms with van der Waals surface area (Å²) in [6.07, 6.45) is 0. The van der Waals surface area contributed by atoms with Gasteiger partial charge >= 0.3 is 0 Å². The van der Waals surface area contributed by atoms with Crippen molar-refractivity contribution in [3.63, 3.8) is 0 Å². The van der Waals surface area contributed by atoms with Gasteiger partial charge in [0.05, 0.1) is 27.7 Å². The SMILES string of the molecule is CCN1CCN(C(=O)c2c(C(C)C)nn(-c3ccccc3Cl)c2C(C)C)CC1. The zero-order chi connectivity index (χ0) is 20.4. The van der Waals surface area contributed by atoms with Crippen LogP contribution in [0.3, 0.4) is 0 Å². The van der Waals surface area contributed by atoms with Crippen LogP contribution in [-0.2, 0) is 0 Å². The molecule has 0 unspecified atom stereocenters. The number of carbonyl (C=O) groups excluding carboxylic acids is 1.